The van der Waals surface area contributed by atoms with Crippen LogP contribution in [0.3, 0.4) is 0 Å². The summed E-state index contributed by atoms with van der Waals surface area (Å²) < 4.78 is 14.8. The van der Waals surface area contributed by atoms with Crippen molar-refractivity contribution in [3.05, 3.63) is 90.1 Å². The molecule has 2 aromatic heterocycles. The van der Waals surface area contributed by atoms with E-state index in [0.29, 0.717) is 16.8 Å². The number of rotatable bonds is 3. The van der Waals surface area contributed by atoms with E-state index in [4.69, 9.17) is 0 Å². The van der Waals surface area contributed by atoms with Crippen LogP contribution in [-0.4, -0.2) is 26.6 Å². The number of nitrogens with zero attached hydrogens (tertiary/aromatic N) is 3. The summed E-state index contributed by atoms with van der Waals surface area (Å²) in [6.07, 6.45) is 4.44. The topological polar surface area (TPSA) is 76.9 Å². The summed E-state index contributed by atoms with van der Waals surface area (Å²) in [5.74, 6) is -1.10. The molecule has 27 heavy (non-hydrogen) atoms. The monoisotopic (exact) mass is 360 g/mol. The van der Waals surface area contributed by atoms with Crippen LogP contribution >= 0.6 is 0 Å². The van der Waals surface area contributed by atoms with Gasteiger partial charge in [0.1, 0.15) is 5.82 Å². The van der Waals surface area contributed by atoms with Gasteiger partial charge in [-0.25, -0.2) is 4.39 Å². The average molecular weight is 360 g/mol. The lowest BCUT2D eigenvalue weighted by atomic mass is 10.2. The summed E-state index contributed by atoms with van der Waals surface area (Å²) in [6, 6.07) is 14.1. The van der Waals surface area contributed by atoms with E-state index in [1.54, 1.807) is 42.6 Å². The fourth-order valence-corrected chi connectivity index (χ4v) is 2.79. The molecule has 1 N–H and O–H groups in total. The molecule has 0 atom stereocenters. The Balaban J connectivity index is 1.62. The Morgan fingerprint density at radius 1 is 0.963 bits per heavy atom. The predicted octanol–water partition coefficient (Wildman–Crippen LogP) is 3.51. The van der Waals surface area contributed by atoms with Gasteiger partial charge in [0.2, 0.25) is 0 Å². The number of benzene rings is 2. The highest BCUT2D eigenvalue weighted by Gasteiger charge is 2.13. The third-order valence-corrected chi connectivity index (χ3v) is 4.08. The zero-order valence-corrected chi connectivity index (χ0v) is 14.0. The fraction of sp³-hybridized carbons (Fsp3) is 0. The van der Waals surface area contributed by atoms with Gasteiger partial charge in [-0.2, -0.15) is 10.2 Å². The molecule has 0 radical (unpaired) electrons. The lowest BCUT2D eigenvalue weighted by Gasteiger charge is -2.07. The number of carbonyl (C=O) groups excluding carboxylic acids is 2. The van der Waals surface area contributed by atoms with E-state index in [0.717, 1.165) is 5.39 Å². The Morgan fingerprint density at radius 3 is 2.63 bits per heavy atom. The highest BCUT2D eigenvalue weighted by atomic mass is 19.1. The number of hydrogen-bond donors (Lipinski definition) is 1. The van der Waals surface area contributed by atoms with Crippen LogP contribution < -0.4 is 5.32 Å². The zero-order chi connectivity index (χ0) is 18.8. The lowest BCUT2D eigenvalue weighted by molar-refractivity contribution is 0.0963. The number of nitrogens with one attached hydrogen (secondary N) is 1. The third kappa shape index (κ3) is 3.30. The molecule has 2 heterocycles. The van der Waals surface area contributed by atoms with Gasteiger partial charge in [0, 0.05) is 22.8 Å². The molecule has 6 nitrogen and oxygen atoms in total. The normalized spacial score (nSPS) is 10.7. The van der Waals surface area contributed by atoms with Crippen molar-refractivity contribution in [1.82, 2.24) is 14.8 Å². The Kier molecular flexibility index (Phi) is 4.18. The highest BCUT2D eigenvalue weighted by molar-refractivity contribution is 6.06. The first-order valence-electron chi connectivity index (χ1n) is 8.11. The molecule has 0 bridgehead atoms. The van der Waals surface area contributed by atoms with Gasteiger partial charge in [-0.1, -0.05) is 6.07 Å². The van der Waals surface area contributed by atoms with Crippen LogP contribution in [0.1, 0.15) is 20.7 Å². The highest BCUT2D eigenvalue weighted by Crippen LogP contribution is 2.22. The van der Waals surface area contributed by atoms with Crippen molar-refractivity contribution in [1.29, 1.82) is 0 Å². The van der Waals surface area contributed by atoms with E-state index < -0.39 is 5.82 Å². The maximum Gasteiger partial charge on any atom is 0.262 e. The molecule has 0 fully saturated rings. The third-order valence-electron chi connectivity index (χ3n) is 4.08. The van der Waals surface area contributed by atoms with Crippen molar-refractivity contribution in [3.8, 4) is 0 Å². The van der Waals surface area contributed by atoms with Crippen molar-refractivity contribution in [2.24, 2.45) is 0 Å². The van der Waals surface area contributed by atoms with Crippen LogP contribution in [0.5, 0.6) is 0 Å². The number of amides is 1. The quantitative estimate of drug-likeness (QED) is 0.606. The summed E-state index contributed by atoms with van der Waals surface area (Å²) >= 11 is 0. The smallest absolute Gasteiger partial charge is 0.262 e. The first-order chi connectivity index (χ1) is 13.1. The molecule has 0 saturated heterocycles. The first-order valence-corrected chi connectivity index (χ1v) is 8.11. The maximum absolute atomic E-state index is 13.4. The molecule has 0 spiro atoms. The molecule has 0 aliphatic rings. The van der Waals surface area contributed by atoms with Crippen molar-refractivity contribution in [2.75, 3.05) is 5.32 Å². The number of halogens is 1. The van der Waals surface area contributed by atoms with Crippen LogP contribution in [0.15, 0.2) is 73.2 Å². The molecular weight excluding hydrogens is 347 g/mol. The van der Waals surface area contributed by atoms with E-state index in [9.17, 15) is 14.0 Å². The number of anilines is 1. The summed E-state index contributed by atoms with van der Waals surface area (Å²) in [5.41, 5.74) is 1.90. The summed E-state index contributed by atoms with van der Waals surface area (Å²) in [4.78, 5) is 24.8. The second-order valence-corrected chi connectivity index (χ2v) is 5.86. The van der Waals surface area contributed by atoms with E-state index in [1.807, 2.05) is 0 Å². The minimum atomic E-state index is -0.465. The number of aromatic nitrogens is 3. The van der Waals surface area contributed by atoms with E-state index in [1.165, 1.54) is 35.2 Å². The van der Waals surface area contributed by atoms with Gasteiger partial charge in [0.15, 0.2) is 0 Å². The Bertz CT molecular complexity index is 1160. The Hall–Kier alpha value is -3.87. The molecule has 0 saturated carbocycles. The molecule has 1 amide bonds. The van der Waals surface area contributed by atoms with Crippen molar-refractivity contribution < 1.29 is 14.0 Å². The number of hydrogen-bond acceptors (Lipinski definition) is 4. The van der Waals surface area contributed by atoms with Crippen LogP contribution in [0.4, 0.5) is 10.1 Å². The lowest BCUT2D eigenvalue weighted by Crippen LogP contribution is -2.12. The summed E-state index contributed by atoms with van der Waals surface area (Å²) in [7, 11) is 0. The van der Waals surface area contributed by atoms with E-state index in [-0.39, 0.29) is 17.4 Å². The van der Waals surface area contributed by atoms with Crippen molar-refractivity contribution >= 4 is 28.4 Å². The van der Waals surface area contributed by atoms with Crippen LogP contribution in [-0.2, 0) is 0 Å². The molecule has 132 valence electrons. The minimum absolute atomic E-state index is 0.259. The van der Waals surface area contributed by atoms with Gasteiger partial charge in [-0.05, 0) is 48.5 Å². The zero-order valence-electron chi connectivity index (χ0n) is 14.0. The average Bonchev–Trinajstić information content (AvgIpc) is 3.11. The first kappa shape index (κ1) is 16.6. The number of fused-ring (bicyclic) bond motifs is 1. The summed E-state index contributed by atoms with van der Waals surface area (Å²) in [6.45, 7) is 0. The predicted molar refractivity (Wildman–Crippen MR) is 98.1 cm³/mol. The van der Waals surface area contributed by atoms with Gasteiger partial charge in [0.05, 0.1) is 23.5 Å². The maximum atomic E-state index is 13.4. The second kappa shape index (κ2) is 6.80. The molecule has 2 aromatic carbocycles. The van der Waals surface area contributed by atoms with Crippen LogP contribution in [0.2, 0.25) is 0 Å². The van der Waals surface area contributed by atoms with E-state index in [2.05, 4.69) is 15.5 Å². The van der Waals surface area contributed by atoms with Gasteiger partial charge in [-0.15, -0.1) is 0 Å². The van der Waals surface area contributed by atoms with Gasteiger partial charge in [-0.3, -0.25) is 14.2 Å². The molecular formula is C20H13FN4O2. The van der Waals surface area contributed by atoms with Crippen molar-refractivity contribution in [3.63, 3.8) is 0 Å². The Labute approximate surface area is 153 Å². The SMILES string of the molecule is O=C(Nc1ccc2c(ccn2C(=O)c2cccc(F)c2)c1)c1ccnnc1. The fourth-order valence-electron chi connectivity index (χ4n) is 2.79. The molecule has 0 unspecified atom stereocenters. The standard InChI is InChI=1S/C20H13FN4O2/c21-16-3-1-2-14(10-16)20(27)25-9-7-13-11-17(4-5-18(13)25)24-19(26)15-6-8-22-23-12-15/h1-12H,(H,24,26). The van der Waals surface area contributed by atoms with E-state index >= 15 is 0 Å². The van der Waals surface area contributed by atoms with Gasteiger partial charge >= 0.3 is 0 Å². The molecule has 4 aromatic rings. The molecule has 7 heteroatoms. The second-order valence-electron chi connectivity index (χ2n) is 5.86. The Morgan fingerprint density at radius 2 is 1.85 bits per heavy atom. The number of carbonyl (C=O) groups is 2. The molecule has 0 aliphatic heterocycles. The van der Waals surface area contributed by atoms with Crippen molar-refractivity contribution in [2.45, 2.75) is 0 Å². The largest absolute Gasteiger partial charge is 0.322 e. The van der Waals surface area contributed by atoms with Crippen LogP contribution in [0, 0.1) is 5.82 Å². The molecule has 0 aliphatic carbocycles. The summed E-state index contributed by atoms with van der Waals surface area (Å²) in [5, 5.41) is 10.9. The van der Waals surface area contributed by atoms with Crippen LogP contribution in [0.25, 0.3) is 10.9 Å². The van der Waals surface area contributed by atoms with Gasteiger partial charge in [0.25, 0.3) is 11.8 Å². The minimum Gasteiger partial charge on any atom is -0.322 e. The van der Waals surface area contributed by atoms with Gasteiger partial charge < -0.3 is 5.32 Å². The molecule has 4 rings (SSSR count).